The highest BCUT2D eigenvalue weighted by Crippen LogP contribution is 2.39. The number of benzene rings is 1. The van der Waals surface area contributed by atoms with Crippen molar-refractivity contribution >= 4 is 62.4 Å². The van der Waals surface area contributed by atoms with Gasteiger partial charge in [0.2, 0.25) is 11.0 Å². The molecule has 4 rings (SSSR count). The quantitative estimate of drug-likeness (QED) is 0.265. The van der Waals surface area contributed by atoms with Crippen LogP contribution in [0.3, 0.4) is 0 Å². The number of nitrogens with zero attached hydrogens (tertiary/aromatic N) is 2. The molecule has 0 atom stereocenters. The zero-order valence-electron chi connectivity index (χ0n) is 17.5. The lowest BCUT2D eigenvalue weighted by Gasteiger charge is -2.07. The molecule has 8 nitrogen and oxygen atoms in total. The fourth-order valence-corrected chi connectivity index (χ4v) is 6.16. The average molecular weight is 507 g/mol. The lowest BCUT2D eigenvalue weighted by atomic mass is 10.1. The van der Waals surface area contributed by atoms with Gasteiger partial charge in [-0.2, -0.15) is 0 Å². The topological polar surface area (TPSA) is 110 Å². The summed E-state index contributed by atoms with van der Waals surface area (Å²) >= 11 is 3.69. The monoisotopic (exact) mass is 506 g/mol. The molecule has 2 heterocycles. The van der Waals surface area contributed by atoms with Gasteiger partial charge in [-0.15, -0.1) is 21.5 Å². The third kappa shape index (κ3) is 5.57. The molecule has 0 saturated heterocycles. The second-order valence-electron chi connectivity index (χ2n) is 6.96. The zero-order chi connectivity index (χ0) is 23.4. The third-order valence-corrected chi connectivity index (χ3v) is 7.87. The van der Waals surface area contributed by atoms with Crippen molar-refractivity contribution in [1.29, 1.82) is 0 Å². The van der Waals surface area contributed by atoms with Crippen molar-refractivity contribution in [2.24, 2.45) is 0 Å². The Morgan fingerprint density at radius 3 is 2.82 bits per heavy atom. The Morgan fingerprint density at radius 1 is 1.18 bits per heavy atom. The summed E-state index contributed by atoms with van der Waals surface area (Å²) in [6.45, 7) is 2.01. The molecule has 172 valence electrons. The average Bonchev–Trinajstić information content (AvgIpc) is 3.49. The Labute approximate surface area is 200 Å². The van der Waals surface area contributed by atoms with Crippen LogP contribution in [0.5, 0.6) is 0 Å². The molecule has 1 aliphatic carbocycles. The number of amides is 2. The fraction of sp³-hybridized carbons (Fsp3) is 0.286. The third-order valence-electron chi connectivity index (χ3n) is 4.69. The van der Waals surface area contributed by atoms with Gasteiger partial charge >= 0.3 is 5.97 Å². The van der Waals surface area contributed by atoms with Crippen LogP contribution in [-0.2, 0) is 22.4 Å². The number of carbonyl (C=O) groups is 3. The molecule has 3 aromatic rings. The van der Waals surface area contributed by atoms with Crippen LogP contribution in [0.2, 0.25) is 0 Å². The van der Waals surface area contributed by atoms with Gasteiger partial charge in [-0.05, 0) is 49.9 Å². The van der Waals surface area contributed by atoms with E-state index in [4.69, 9.17) is 4.74 Å². The molecule has 0 fully saturated rings. The molecule has 2 aromatic heterocycles. The Kier molecular flexibility index (Phi) is 7.36. The minimum absolute atomic E-state index is 0.0529. The molecule has 2 amide bonds. The smallest absolute Gasteiger partial charge is 0.341 e. The lowest BCUT2D eigenvalue weighted by molar-refractivity contribution is -0.113. The Hall–Kier alpha value is -2.83. The summed E-state index contributed by atoms with van der Waals surface area (Å²) in [5, 5.41) is 14.0. The van der Waals surface area contributed by atoms with Gasteiger partial charge in [0.05, 0.1) is 17.9 Å². The van der Waals surface area contributed by atoms with E-state index in [0.717, 1.165) is 58.9 Å². The van der Waals surface area contributed by atoms with Crippen molar-refractivity contribution in [3.63, 3.8) is 0 Å². The van der Waals surface area contributed by atoms with Gasteiger partial charge in [0.25, 0.3) is 5.91 Å². The van der Waals surface area contributed by atoms with Gasteiger partial charge in [0, 0.05) is 10.4 Å². The number of aryl methyl sites for hydroxylation is 1. The van der Waals surface area contributed by atoms with Crippen LogP contribution >= 0.6 is 34.4 Å². The molecule has 0 radical (unpaired) electrons. The minimum Gasteiger partial charge on any atom is -0.462 e. The number of hydrogen-bond acceptors (Lipinski definition) is 9. The van der Waals surface area contributed by atoms with Crippen molar-refractivity contribution < 1.29 is 23.5 Å². The van der Waals surface area contributed by atoms with Crippen LogP contribution in [0.25, 0.3) is 0 Å². The molecule has 1 aliphatic rings. The minimum atomic E-state index is -0.510. The van der Waals surface area contributed by atoms with Gasteiger partial charge in [-0.1, -0.05) is 29.2 Å². The SMILES string of the molecule is CCOC(=O)c1c(NC(=O)CSc2nnc(NC(=O)c3cccc(F)c3)s2)sc2c1CCC2. The van der Waals surface area contributed by atoms with E-state index in [2.05, 4.69) is 20.8 Å². The van der Waals surface area contributed by atoms with Gasteiger partial charge in [0.1, 0.15) is 10.8 Å². The lowest BCUT2D eigenvalue weighted by Crippen LogP contribution is -2.16. The van der Waals surface area contributed by atoms with E-state index in [1.165, 1.54) is 29.5 Å². The van der Waals surface area contributed by atoms with Gasteiger partial charge in [-0.3, -0.25) is 14.9 Å². The molecule has 1 aromatic carbocycles. The Balaban J connectivity index is 1.34. The van der Waals surface area contributed by atoms with Crippen molar-refractivity contribution in [3.8, 4) is 0 Å². The first-order chi connectivity index (χ1) is 15.9. The number of thioether (sulfide) groups is 1. The Bertz CT molecular complexity index is 1210. The molecule has 2 N–H and O–H groups in total. The number of rotatable bonds is 8. The second kappa shape index (κ2) is 10.4. The summed E-state index contributed by atoms with van der Waals surface area (Å²) in [5.74, 6) is -1.66. The predicted octanol–water partition coefficient (Wildman–Crippen LogP) is 4.39. The number of ether oxygens (including phenoxy) is 1. The summed E-state index contributed by atoms with van der Waals surface area (Å²) in [5.41, 5.74) is 1.61. The normalized spacial score (nSPS) is 12.3. The number of nitrogens with one attached hydrogen (secondary N) is 2. The highest BCUT2D eigenvalue weighted by Gasteiger charge is 2.28. The number of halogens is 1. The van der Waals surface area contributed by atoms with E-state index in [1.807, 2.05) is 0 Å². The molecule has 12 heteroatoms. The summed E-state index contributed by atoms with van der Waals surface area (Å²) in [6.07, 6.45) is 2.69. The predicted molar refractivity (Wildman–Crippen MR) is 126 cm³/mol. The van der Waals surface area contributed by atoms with Crippen LogP contribution in [-0.4, -0.2) is 40.3 Å². The first-order valence-electron chi connectivity index (χ1n) is 10.1. The first-order valence-corrected chi connectivity index (χ1v) is 12.7. The van der Waals surface area contributed by atoms with E-state index in [-0.39, 0.29) is 29.0 Å². The highest BCUT2D eigenvalue weighted by atomic mass is 32.2. The molecule has 0 saturated carbocycles. The van der Waals surface area contributed by atoms with Crippen LogP contribution < -0.4 is 10.6 Å². The van der Waals surface area contributed by atoms with Crippen molar-refractivity contribution in [3.05, 3.63) is 51.7 Å². The number of anilines is 2. The van der Waals surface area contributed by atoms with E-state index in [9.17, 15) is 18.8 Å². The summed E-state index contributed by atoms with van der Waals surface area (Å²) in [6, 6.07) is 5.31. The maximum Gasteiger partial charge on any atom is 0.341 e. The van der Waals surface area contributed by atoms with E-state index < -0.39 is 17.7 Å². The summed E-state index contributed by atoms with van der Waals surface area (Å²) in [7, 11) is 0. The van der Waals surface area contributed by atoms with Crippen LogP contribution in [0.1, 0.15) is 44.5 Å². The molecular weight excluding hydrogens is 487 g/mol. The molecular formula is C21H19FN4O4S3. The molecule has 33 heavy (non-hydrogen) atoms. The van der Waals surface area contributed by atoms with Gasteiger partial charge < -0.3 is 10.1 Å². The number of hydrogen-bond donors (Lipinski definition) is 2. The molecule has 0 bridgehead atoms. The van der Waals surface area contributed by atoms with Gasteiger partial charge in [-0.25, -0.2) is 9.18 Å². The van der Waals surface area contributed by atoms with Crippen LogP contribution in [0.4, 0.5) is 14.5 Å². The van der Waals surface area contributed by atoms with Crippen molar-refractivity contribution in [2.75, 3.05) is 23.0 Å². The summed E-state index contributed by atoms with van der Waals surface area (Å²) < 4.78 is 18.9. The first kappa shape index (κ1) is 23.3. The maximum absolute atomic E-state index is 13.3. The van der Waals surface area contributed by atoms with Crippen molar-refractivity contribution in [2.45, 2.75) is 30.5 Å². The molecule has 0 spiro atoms. The fourth-order valence-electron chi connectivity index (χ4n) is 3.32. The number of esters is 1. The van der Waals surface area contributed by atoms with Crippen molar-refractivity contribution in [1.82, 2.24) is 10.2 Å². The summed E-state index contributed by atoms with van der Waals surface area (Å²) in [4.78, 5) is 38.2. The van der Waals surface area contributed by atoms with E-state index >= 15 is 0 Å². The van der Waals surface area contributed by atoms with E-state index in [0.29, 0.717) is 14.9 Å². The maximum atomic E-state index is 13.3. The largest absolute Gasteiger partial charge is 0.462 e. The standard InChI is InChI=1S/C21H19FN4O4S3/c1-2-30-19(29)16-13-7-4-8-14(13)32-18(16)23-15(27)10-31-21-26-25-20(33-21)24-17(28)11-5-3-6-12(22)9-11/h3,5-6,9H,2,4,7-8,10H2,1H3,(H,23,27)(H,24,25,28). The second-order valence-corrected chi connectivity index (χ2v) is 10.3. The number of thiophene rings is 1. The van der Waals surface area contributed by atoms with Crippen LogP contribution in [0.15, 0.2) is 28.6 Å². The number of aromatic nitrogens is 2. The number of fused-ring (bicyclic) bond motifs is 1. The van der Waals surface area contributed by atoms with Gasteiger partial charge in [0.15, 0.2) is 4.34 Å². The highest BCUT2D eigenvalue weighted by molar-refractivity contribution is 8.01. The van der Waals surface area contributed by atoms with Crippen LogP contribution in [0, 0.1) is 5.82 Å². The Morgan fingerprint density at radius 2 is 2.03 bits per heavy atom. The molecule has 0 aliphatic heterocycles. The zero-order valence-corrected chi connectivity index (χ0v) is 19.9. The molecule has 0 unspecified atom stereocenters. The number of carbonyl (C=O) groups excluding carboxylic acids is 3. The van der Waals surface area contributed by atoms with E-state index in [1.54, 1.807) is 6.92 Å².